The zero-order chi connectivity index (χ0) is 19.5. The van der Waals surface area contributed by atoms with Crippen molar-refractivity contribution >= 4 is 5.91 Å². The number of fused-ring (bicyclic) bond motifs is 5. The first-order valence-corrected chi connectivity index (χ1v) is 11.1. The van der Waals surface area contributed by atoms with E-state index in [-0.39, 0.29) is 11.3 Å². The third-order valence-corrected chi connectivity index (χ3v) is 9.20. The molecule has 0 radical (unpaired) electrons. The van der Waals surface area contributed by atoms with E-state index in [1.165, 1.54) is 37.7 Å². The van der Waals surface area contributed by atoms with Crippen LogP contribution < -0.4 is 10.1 Å². The highest BCUT2D eigenvalue weighted by atomic mass is 16.5. The van der Waals surface area contributed by atoms with E-state index in [1.807, 2.05) is 0 Å². The van der Waals surface area contributed by atoms with Crippen LogP contribution in [0.5, 0.6) is 5.75 Å². The van der Waals surface area contributed by atoms with E-state index >= 15 is 0 Å². The molecule has 1 aromatic carbocycles. The lowest BCUT2D eigenvalue weighted by atomic mass is 9.47. The summed E-state index contributed by atoms with van der Waals surface area (Å²) in [4.78, 5) is 11.9. The number of hydrogen-bond acceptors (Lipinski definition) is 2. The molecule has 1 heterocycles. The predicted octanol–water partition coefficient (Wildman–Crippen LogP) is 5.08. The lowest BCUT2D eigenvalue weighted by molar-refractivity contribution is -0.122. The molecule has 1 N–H and O–H groups in total. The number of carbonyl (C=O) groups is 1. The molecular weight excluding hydrogens is 346 g/mol. The molecule has 2 unspecified atom stereocenters. The van der Waals surface area contributed by atoms with Crippen LogP contribution in [0.1, 0.15) is 63.9 Å². The van der Waals surface area contributed by atoms with Gasteiger partial charge in [-0.1, -0.05) is 32.1 Å². The Hall–Kier alpha value is -1.77. The van der Waals surface area contributed by atoms with Crippen LogP contribution in [-0.2, 0) is 4.79 Å². The van der Waals surface area contributed by atoms with Crippen LogP contribution in [-0.4, -0.2) is 19.1 Å². The van der Waals surface area contributed by atoms with Crippen molar-refractivity contribution in [1.82, 2.24) is 5.32 Å². The average Bonchev–Trinajstić information content (AvgIpc) is 3.06. The fraction of sp³-hybridized carbons (Fsp3) is 0.640. The summed E-state index contributed by atoms with van der Waals surface area (Å²) in [6, 6.07) is 9.16. The Morgan fingerprint density at radius 1 is 1.00 bits per heavy atom. The summed E-state index contributed by atoms with van der Waals surface area (Å²) in [6.45, 7) is 4.98. The van der Waals surface area contributed by atoms with E-state index in [4.69, 9.17) is 4.74 Å². The van der Waals surface area contributed by atoms with Gasteiger partial charge in [0.2, 0.25) is 5.91 Å². The molecule has 4 aliphatic rings. The van der Waals surface area contributed by atoms with Crippen LogP contribution >= 0.6 is 0 Å². The molecular formula is C25H33NO2. The molecule has 3 fully saturated rings. The number of amides is 1. The highest BCUT2D eigenvalue weighted by molar-refractivity contribution is 5.89. The second kappa shape index (κ2) is 6.37. The van der Waals surface area contributed by atoms with Gasteiger partial charge >= 0.3 is 0 Å². The second-order valence-electron chi connectivity index (χ2n) is 10.2. The van der Waals surface area contributed by atoms with Crippen LogP contribution in [0.25, 0.3) is 0 Å². The number of hydrogen-bond donors (Lipinski definition) is 1. The highest BCUT2D eigenvalue weighted by Gasteiger charge is 2.59. The Morgan fingerprint density at radius 2 is 1.79 bits per heavy atom. The zero-order valence-electron chi connectivity index (χ0n) is 17.4. The summed E-state index contributed by atoms with van der Waals surface area (Å²) in [7, 11) is 1.74. The van der Waals surface area contributed by atoms with Gasteiger partial charge in [0.1, 0.15) is 5.75 Å². The highest BCUT2D eigenvalue weighted by Crippen LogP contribution is 2.67. The maximum absolute atomic E-state index is 11.9. The Labute approximate surface area is 168 Å². The van der Waals surface area contributed by atoms with Crippen molar-refractivity contribution < 1.29 is 9.53 Å². The van der Waals surface area contributed by atoms with Gasteiger partial charge in [0.05, 0.1) is 7.11 Å². The fourth-order valence-corrected chi connectivity index (χ4v) is 7.72. The summed E-state index contributed by atoms with van der Waals surface area (Å²) < 4.78 is 5.37. The monoisotopic (exact) mass is 379 g/mol. The largest absolute Gasteiger partial charge is 0.497 e. The molecule has 3 heteroatoms. The van der Waals surface area contributed by atoms with Crippen molar-refractivity contribution in [2.24, 2.45) is 28.6 Å². The summed E-state index contributed by atoms with van der Waals surface area (Å²) in [5.74, 6) is 4.02. The smallest absolute Gasteiger partial charge is 0.243 e. The van der Waals surface area contributed by atoms with E-state index in [2.05, 4.69) is 49.5 Å². The molecule has 1 aliphatic heterocycles. The standard InChI is InChI=1S/C25H33NO2/c1-24-14-12-21-18(8-11-22-25(21,2)15-13-23(27)26-22)20(24)10-9-19(24)16-4-6-17(28-3)7-5-16/h4-7,13,15,18-22H,8-12,14H2,1-3H3,(H,26,27)/t18-,19?,20-,21+,22?,24+,25+/m0/s1. The fourth-order valence-electron chi connectivity index (χ4n) is 7.72. The Morgan fingerprint density at radius 3 is 2.54 bits per heavy atom. The van der Waals surface area contributed by atoms with E-state index < -0.39 is 0 Å². The van der Waals surface area contributed by atoms with Gasteiger partial charge in [-0.2, -0.15) is 0 Å². The first-order chi connectivity index (χ1) is 13.5. The van der Waals surface area contributed by atoms with Gasteiger partial charge in [-0.25, -0.2) is 0 Å². The van der Waals surface area contributed by atoms with Gasteiger partial charge in [-0.15, -0.1) is 0 Å². The van der Waals surface area contributed by atoms with Crippen LogP contribution in [0.4, 0.5) is 0 Å². The molecule has 3 aliphatic carbocycles. The molecule has 0 aromatic heterocycles. The van der Waals surface area contributed by atoms with Crippen molar-refractivity contribution in [2.45, 2.75) is 64.3 Å². The molecule has 150 valence electrons. The SMILES string of the molecule is COc1ccc(C2CC[C@H]3[C@@H]4CCC5NC(=O)C=C[C@]5(C)[C@@H]4CC[C@]23C)cc1. The minimum absolute atomic E-state index is 0.0991. The average molecular weight is 380 g/mol. The van der Waals surface area contributed by atoms with Crippen LogP contribution in [0, 0.1) is 28.6 Å². The van der Waals surface area contributed by atoms with Crippen molar-refractivity contribution in [1.29, 1.82) is 0 Å². The summed E-state index contributed by atoms with van der Waals surface area (Å²) in [5, 5.41) is 3.27. The molecule has 7 atom stereocenters. The zero-order valence-corrected chi connectivity index (χ0v) is 17.4. The summed E-state index contributed by atoms with van der Waals surface area (Å²) >= 11 is 0. The number of ether oxygens (including phenoxy) is 1. The molecule has 1 aromatic rings. The Bertz CT molecular complexity index is 799. The van der Waals surface area contributed by atoms with Crippen molar-refractivity contribution in [2.75, 3.05) is 7.11 Å². The lowest BCUT2D eigenvalue weighted by Gasteiger charge is -2.59. The van der Waals surface area contributed by atoms with Crippen molar-refractivity contribution in [3.05, 3.63) is 42.0 Å². The molecule has 0 spiro atoms. The minimum atomic E-state index is 0.0991. The molecule has 0 bridgehead atoms. The number of rotatable bonds is 2. The molecule has 3 saturated carbocycles. The number of nitrogens with one attached hydrogen (secondary N) is 1. The van der Waals surface area contributed by atoms with E-state index in [0.717, 1.165) is 24.0 Å². The molecule has 28 heavy (non-hydrogen) atoms. The normalized spacial score (nSPS) is 44.2. The van der Waals surface area contributed by atoms with Crippen LogP contribution in [0.2, 0.25) is 0 Å². The van der Waals surface area contributed by atoms with Crippen LogP contribution in [0.15, 0.2) is 36.4 Å². The van der Waals surface area contributed by atoms with Gasteiger partial charge < -0.3 is 10.1 Å². The third-order valence-electron chi connectivity index (χ3n) is 9.20. The van der Waals surface area contributed by atoms with Crippen molar-refractivity contribution in [3.8, 4) is 5.75 Å². The molecule has 5 rings (SSSR count). The van der Waals surface area contributed by atoms with Crippen molar-refractivity contribution in [3.63, 3.8) is 0 Å². The summed E-state index contributed by atoms with van der Waals surface area (Å²) in [5.41, 5.74) is 2.03. The quantitative estimate of drug-likeness (QED) is 0.778. The van der Waals surface area contributed by atoms with E-state index in [1.54, 1.807) is 13.2 Å². The second-order valence-corrected chi connectivity index (χ2v) is 10.2. The van der Waals surface area contributed by atoms with Gasteiger partial charge in [0.25, 0.3) is 0 Å². The maximum Gasteiger partial charge on any atom is 0.243 e. The lowest BCUT2D eigenvalue weighted by Crippen LogP contribution is -2.59. The first kappa shape index (κ1) is 18.3. The number of carbonyl (C=O) groups excluding carboxylic acids is 1. The molecule has 3 nitrogen and oxygen atoms in total. The minimum Gasteiger partial charge on any atom is -0.497 e. The number of methoxy groups -OCH3 is 1. The summed E-state index contributed by atoms with van der Waals surface area (Å²) in [6.07, 6.45) is 11.7. The molecule has 0 saturated heterocycles. The topological polar surface area (TPSA) is 38.3 Å². The predicted molar refractivity (Wildman–Crippen MR) is 111 cm³/mol. The van der Waals surface area contributed by atoms with Gasteiger partial charge in [-0.3, -0.25) is 4.79 Å². The van der Waals surface area contributed by atoms with Gasteiger partial charge in [-0.05, 0) is 91.4 Å². The Balaban J connectivity index is 1.43. The third kappa shape index (κ3) is 2.51. The molecule has 1 amide bonds. The first-order valence-electron chi connectivity index (χ1n) is 11.1. The van der Waals surface area contributed by atoms with Crippen LogP contribution in [0.3, 0.4) is 0 Å². The van der Waals surface area contributed by atoms with E-state index in [9.17, 15) is 4.79 Å². The van der Waals surface area contributed by atoms with E-state index in [0.29, 0.717) is 23.3 Å². The Kier molecular flexibility index (Phi) is 4.16. The number of benzene rings is 1. The van der Waals surface area contributed by atoms with Gasteiger partial charge in [0, 0.05) is 11.5 Å². The van der Waals surface area contributed by atoms with Gasteiger partial charge in [0.15, 0.2) is 0 Å². The maximum atomic E-state index is 11.9.